The number of rotatable bonds is 7. The summed E-state index contributed by atoms with van der Waals surface area (Å²) in [5.74, 6) is -1.54. The minimum atomic E-state index is -4.78. The van der Waals surface area contributed by atoms with E-state index in [0.717, 1.165) is 4.57 Å². The zero-order chi connectivity index (χ0) is 25.9. The van der Waals surface area contributed by atoms with Crippen LogP contribution in [0.15, 0.2) is 58.1 Å². The Kier molecular flexibility index (Phi) is 7.48. The quantitative estimate of drug-likeness (QED) is 0.496. The Morgan fingerprint density at radius 1 is 1.08 bits per heavy atom. The van der Waals surface area contributed by atoms with Gasteiger partial charge in [-0.1, -0.05) is 24.3 Å². The van der Waals surface area contributed by atoms with Crippen molar-refractivity contribution in [3.63, 3.8) is 0 Å². The van der Waals surface area contributed by atoms with Crippen molar-refractivity contribution in [2.75, 3.05) is 26.2 Å². The summed E-state index contributed by atoms with van der Waals surface area (Å²) >= 11 is 0. The number of piperidine rings is 1. The van der Waals surface area contributed by atoms with Crippen LogP contribution >= 0.6 is 0 Å². The van der Waals surface area contributed by atoms with Crippen molar-refractivity contribution in [1.82, 2.24) is 14.5 Å². The van der Waals surface area contributed by atoms with Crippen LogP contribution in [0.3, 0.4) is 0 Å². The van der Waals surface area contributed by atoms with Gasteiger partial charge in [-0.25, -0.2) is 4.79 Å². The van der Waals surface area contributed by atoms with Crippen molar-refractivity contribution in [3.8, 4) is 5.75 Å². The van der Waals surface area contributed by atoms with Gasteiger partial charge >= 0.3 is 18.0 Å². The molecule has 4 rings (SSSR count). The van der Waals surface area contributed by atoms with Crippen molar-refractivity contribution in [1.29, 1.82) is 0 Å². The van der Waals surface area contributed by atoms with Gasteiger partial charge in [-0.3, -0.25) is 14.2 Å². The number of hydrogen-bond donors (Lipinski definition) is 1. The number of alkyl halides is 3. The third-order valence-electron chi connectivity index (χ3n) is 6.36. The normalized spacial score (nSPS) is 18.8. The maximum absolute atomic E-state index is 12.8. The predicted octanol–water partition coefficient (Wildman–Crippen LogP) is 3.26. The van der Waals surface area contributed by atoms with Crippen LogP contribution < -0.4 is 16.0 Å². The highest BCUT2D eigenvalue weighted by atomic mass is 19.4. The van der Waals surface area contributed by atoms with E-state index in [1.807, 2.05) is 4.90 Å². The summed E-state index contributed by atoms with van der Waals surface area (Å²) in [7, 11) is 0. The van der Waals surface area contributed by atoms with Crippen LogP contribution in [0.25, 0.3) is 10.9 Å². The van der Waals surface area contributed by atoms with Crippen molar-refractivity contribution in [2.24, 2.45) is 5.92 Å². The van der Waals surface area contributed by atoms with Crippen LogP contribution in [0.1, 0.15) is 24.8 Å². The molecular formula is C25H26F3N3O5. The van der Waals surface area contributed by atoms with E-state index in [0.29, 0.717) is 42.5 Å². The molecule has 1 aliphatic heterocycles. The summed E-state index contributed by atoms with van der Waals surface area (Å²) in [6.45, 7) is 3.30. The first-order valence-corrected chi connectivity index (χ1v) is 11.6. The van der Waals surface area contributed by atoms with Gasteiger partial charge in [-0.15, -0.1) is 13.2 Å². The number of aromatic amines is 1. The standard InChI is InChI=1S/C25H26F3N3O5/c1-2-35-23(33)20-15-30(12-11-18(20)16-7-9-17(10-8-16)36-25(26,27)28)13-14-31-22(32)19-5-3-4-6-21(19)29-24(31)34/h3-10,18,20H,2,11-15H2,1H3,(H,29,34)/t18-,20-/m0/s1. The van der Waals surface area contributed by atoms with E-state index in [1.54, 1.807) is 31.2 Å². The van der Waals surface area contributed by atoms with Gasteiger partial charge in [0.25, 0.3) is 5.56 Å². The summed E-state index contributed by atoms with van der Waals surface area (Å²) in [6.07, 6.45) is -4.24. The first-order valence-electron chi connectivity index (χ1n) is 11.6. The van der Waals surface area contributed by atoms with Crippen molar-refractivity contribution in [2.45, 2.75) is 32.2 Å². The fraction of sp³-hybridized carbons (Fsp3) is 0.400. The van der Waals surface area contributed by atoms with Crippen LogP contribution in [0.5, 0.6) is 5.75 Å². The number of carbonyl (C=O) groups excluding carboxylic acids is 1. The smallest absolute Gasteiger partial charge is 0.466 e. The number of para-hydroxylation sites is 1. The lowest BCUT2D eigenvalue weighted by atomic mass is 9.80. The minimum absolute atomic E-state index is 0.142. The lowest BCUT2D eigenvalue weighted by Crippen LogP contribution is -2.46. The molecule has 0 amide bonds. The van der Waals surface area contributed by atoms with Gasteiger partial charge in [0, 0.05) is 19.6 Å². The molecule has 0 spiro atoms. The van der Waals surface area contributed by atoms with E-state index < -0.39 is 23.9 Å². The number of ether oxygens (including phenoxy) is 2. The monoisotopic (exact) mass is 505 g/mol. The fourth-order valence-electron chi connectivity index (χ4n) is 4.67. The summed E-state index contributed by atoms with van der Waals surface area (Å²) < 4.78 is 47.8. The Morgan fingerprint density at radius 2 is 1.81 bits per heavy atom. The number of halogens is 3. The second-order valence-electron chi connectivity index (χ2n) is 8.60. The highest BCUT2D eigenvalue weighted by Crippen LogP contribution is 2.35. The summed E-state index contributed by atoms with van der Waals surface area (Å²) in [6, 6.07) is 12.3. The molecule has 192 valence electrons. The van der Waals surface area contributed by atoms with E-state index in [9.17, 15) is 27.6 Å². The largest absolute Gasteiger partial charge is 0.573 e. The molecule has 0 radical (unpaired) electrons. The molecule has 1 fully saturated rings. The van der Waals surface area contributed by atoms with E-state index in [-0.39, 0.29) is 30.4 Å². The van der Waals surface area contributed by atoms with E-state index >= 15 is 0 Å². The second kappa shape index (κ2) is 10.6. The molecule has 36 heavy (non-hydrogen) atoms. The SMILES string of the molecule is CCOC(=O)[C@H]1CN(CCn2c(=O)[nH]c3ccccc3c2=O)CC[C@H]1c1ccc(OC(F)(F)F)cc1. The van der Waals surface area contributed by atoms with E-state index in [1.165, 1.54) is 24.3 Å². The molecule has 0 unspecified atom stereocenters. The highest BCUT2D eigenvalue weighted by molar-refractivity contribution is 5.77. The maximum Gasteiger partial charge on any atom is 0.573 e. The first-order chi connectivity index (χ1) is 17.2. The average Bonchev–Trinajstić information content (AvgIpc) is 2.83. The number of hydrogen-bond acceptors (Lipinski definition) is 6. The Balaban J connectivity index is 1.49. The Morgan fingerprint density at radius 3 is 2.50 bits per heavy atom. The zero-order valence-electron chi connectivity index (χ0n) is 19.6. The Labute approximate surface area is 204 Å². The van der Waals surface area contributed by atoms with Crippen LogP contribution in [-0.2, 0) is 16.1 Å². The molecule has 1 aromatic heterocycles. The van der Waals surface area contributed by atoms with Gasteiger partial charge in [0.05, 0.1) is 23.4 Å². The third kappa shape index (κ3) is 5.78. The Bertz CT molecular complexity index is 1330. The maximum atomic E-state index is 12.8. The van der Waals surface area contributed by atoms with Crippen LogP contribution in [-0.4, -0.2) is 53.0 Å². The first kappa shape index (κ1) is 25.5. The van der Waals surface area contributed by atoms with Gasteiger partial charge in [-0.2, -0.15) is 0 Å². The lowest BCUT2D eigenvalue weighted by molar-refractivity contribution is -0.274. The van der Waals surface area contributed by atoms with Crippen molar-refractivity contribution in [3.05, 3.63) is 74.9 Å². The number of H-pyrrole nitrogens is 1. The zero-order valence-corrected chi connectivity index (χ0v) is 19.6. The summed E-state index contributed by atoms with van der Waals surface area (Å²) in [5, 5.41) is 0.415. The summed E-state index contributed by atoms with van der Waals surface area (Å²) in [4.78, 5) is 42.7. The molecule has 1 N–H and O–H groups in total. The molecule has 2 aromatic carbocycles. The molecule has 1 saturated heterocycles. The average molecular weight is 505 g/mol. The van der Waals surface area contributed by atoms with Crippen molar-refractivity contribution < 1.29 is 27.4 Å². The van der Waals surface area contributed by atoms with E-state index in [4.69, 9.17) is 4.74 Å². The van der Waals surface area contributed by atoms with Crippen LogP contribution in [0, 0.1) is 5.92 Å². The van der Waals surface area contributed by atoms with Gasteiger partial charge in [0.15, 0.2) is 0 Å². The van der Waals surface area contributed by atoms with Gasteiger partial charge in [0.2, 0.25) is 0 Å². The minimum Gasteiger partial charge on any atom is -0.466 e. The second-order valence-corrected chi connectivity index (χ2v) is 8.60. The molecule has 3 aromatic rings. The van der Waals surface area contributed by atoms with Crippen LogP contribution in [0.4, 0.5) is 13.2 Å². The molecule has 2 heterocycles. The molecule has 2 atom stereocenters. The topological polar surface area (TPSA) is 93.6 Å². The molecule has 0 aliphatic carbocycles. The predicted molar refractivity (Wildman–Crippen MR) is 126 cm³/mol. The Hall–Kier alpha value is -3.60. The van der Waals surface area contributed by atoms with Crippen LogP contribution in [0.2, 0.25) is 0 Å². The number of nitrogens with one attached hydrogen (secondary N) is 1. The lowest BCUT2D eigenvalue weighted by Gasteiger charge is -2.37. The van der Waals surface area contributed by atoms with Gasteiger partial charge in [-0.05, 0) is 55.6 Å². The number of fused-ring (bicyclic) bond motifs is 1. The fourth-order valence-corrected chi connectivity index (χ4v) is 4.67. The van der Waals surface area contributed by atoms with Crippen molar-refractivity contribution >= 4 is 16.9 Å². The number of carbonyl (C=O) groups is 1. The molecule has 0 bridgehead atoms. The third-order valence-corrected chi connectivity index (χ3v) is 6.36. The number of esters is 1. The molecule has 1 aliphatic rings. The molecule has 8 nitrogen and oxygen atoms in total. The number of aromatic nitrogens is 2. The molecule has 11 heteroatoms. The number of likely N-dealkylation sites (tertiary alicyclic amines) is 1. The van der Waals surface area contributed by atoms with Gasteiger partial charge < -0.3 is 19.4 Å². The molecule has 0 saturated carbocycles. The number of nitrogens with zero attached hydrogens (tertiary/aromatic N) is 2. The highest BCUT2D eigenvalue weighted by Gasteiger charge is 2.36. The van der Waals surface area contributed by atoms with E-state index in [2.05, 4.69) is 9.72 Å². The van der Waals surface area contributed by atoms with Gasteiger partial charge in [0.1, 0.15) is 5.75 Å². The number of benzene rings is 2. The summed E-state index contributed by atoms with van der Waals surface area (Å²) in [5.41, 5.74) is 0.298. The molecular weight excluding hydrogens is 479 g/mol.